The largest absolute Gasteiger partial charge is 0.300 e. The maximum absolute atomic E-state index is 6.82. The molecule has 0 saturated carbocycles. The Balaban J connectivity index is 2.26. The third kappa shape index (κ3) is 1.75. The van der Waals surface area contributed by atoms with Crippen LogP contribution in [0.25, 0.3) is 0 Å². The molecule has 1 saturated heterocycles. The summed E-state index contributed by atoms with van der Waals surface area (Å²) in [7, 11) is 0. The van der Waals surface area contributed by atoms with Gasteiger partial charge in [-0.1, -0.05) is 5.92 Å². The lowest BCUT2D eigenvalue weighted by Crippen LogP contribution is -2.29. The second kappa shape index (κ2) is 3.63. The minimum absolute atomic E-state index is 0.542. The molecule has 0 amide bonds. The number of rotatable bonds is 2. The number of nitrogens with zero attached hydrogens (tertiary/aromatic N) is 1. The summed E-state index contributed by atoms with van der Waals surface area (Å²) in [5.41, 5.74) is 0. The first-order valence-corrected chi connectivity index (χ1v) is 3.98. The van der Waals surface area contributed by atoms with Gasteiger partial charge in [-0.3, -0.25) is 4.90 Å². The van der Waals surface area contributed by atoms with Gasteiger partial charge >= 0.3 is 0 Å². The zero-order valence-electron chi connectivity index (χ0n) is 6.56. The first-order chi connectivity index (χ1) is 4.84. The summed E-state index contributed by atoms with van der Waals surface area (Å²) in [4.78, 5) is 2.43. The summed E-state index contributed by atoms with van der Waals surface area (Å²) in [6.45, 7) is 4.62. The maximum Gasteiger partial charge on any atom is 0.0253 e. The molecule has 1 heteroatoms. The van der Waals surface area contributed by atoms with E-state index in [1.165, 1.54) is 25.9 Å². The van der Waals surface area contributed by atoms with Crippen molar-refractivity contribution in [1.29, 1.82) is 0 Å². The van der Waals surface area contributed by atoms with Gasteiger partial charge in [-0.15, -0.1) is 0 Å². The van der Waals surface area contributed by atoms with Crippen LogP contribution in [0.5, 0.6) is 0 Å². The van der Waals surface area contributed by atoms with Gasteiger partial charge in [-0.05, 0) is 39.3 Å². The summed E-state index contributed by atoms with van der Waals surface area (Å²) in [6, 6.07) is 0.542. The Morgan fingerprint density at radius 1 is 1.50 bits per heavy atom. The molecule has 1 aliphatic rings. The van der Waals surface area contributed by atoms with E-state index in [2.05, 4.69) is 17.7 Å². The molecule has 10 heavy (non-hydrogen) atoms. The molecule has 1 atom stereocenters. The molecule has 0 N–H and O–H groups in total. The molecule has 1 nitrogen and oxygen atoms in total. The number of likely N-dealkylation sites (tertiary alicyclic amines) is 1. The summed E-state index contributed by atoms with van der Waals surface area (Å²) >= 11 is 0. The van der Waals surface area contributed by atoms with Crippen molar-refractivity contribution < 1.29 is 0 Å². The average molecular weight is 136 g/mol. The Morgan fingerprint density at radius 3 is 2.60 bits per heavy atom. The van der Waals surface area contributed by atoms with Gasteiger partial charge < -0.3 is 0 Å². The van der Waals surface area contributed by atoms with Crippen LogP contribution in [0.1, 0.15) is 26.2 Å². The predicted molar refractivity (Wildman–Crippen MR) is 42.0 cm³/mol. The van der Waals surface area contributed by atoms with E-state index in [-0.39, 0.29) is 0 Å². The van der Waals surface area contributed by atoms with Gasteiger partial charge in [-0.2, -0.15) is 0 Å². The Morgan fingerprint density at radius 2 is 2.10 bits per heavy atom. The van der Waals surface area contributed by atoms with E-state index in [4.69, 9.17) is 6.42 Å². The van der Waals surface area contributed by atoms with Gasteiger partial charge in [-0.25, -0.2) is 0 Å². The van der Waals surface area contributed by atoms with Crippen molar-refractivity contribution in [1.82, 2.24) is 4.90 Å². The van der Waals surface area contributed by atoms with Crippen LogP contribution in [-0.2, 0) is 0 Å². The van der Waals surface area contributed by atoms with Crippen molar-refractivity contribution in [3.63, 3.8) is 0 Å². The van der Waals surface area contributed by atoms with Crippen molar-refractivity contribution in [2.75, 3.05) is 13.1 Å². The first-order valence-electron chi connectivity index (χ1n) is 3.98. The highest BCUT2D eigenvalue weighted by Crippen LogP contribution is 2.12. The smallest absolute Gasteiger partial charge is 0.0253 e. The monoisotopic (exact) mass is 136 g/mol. The molecule has 0 aromatic rings. The molecule has 0 aromatic carbocycles. The van der Waals surface area contributed by atoms with Gasteiger partial charge in [0.1, 0.15) is 0 Å². The molecule has 1 fully saturated rings. The lowest BCUT2D eigenvalue weighted by molar-refractivity contribution is 0.263. The lowest BCUT2D eigenvalue weighted by Gasteiger charge is -2.21. The van der Waals surface area contributed by atoms with Gasteiger partial charge in [0.05, 0.1) is 0 Å². The molecular formula is C9H14N. The Kier molecular flexibility index (Phi) is 2.77. The van der Waals surface area contributed by atoms with Gasteiger partial charge in [0, 0.05) is 12.5 Å². The van der Waals surface area contributed by atoms with E-state index < -0.39 is 0 Å². The molecule has 1 heterocycles. The molecule has 0 aromatic heterocycles. The summed E-state index contributed by atoms with van der Waals surface area (Å²) in [6.07, 6.45) is 10.3. The van der Waals surface area contributed by atoms with Gasteiger partial charge in [0.15, 0.2) is 0 Å². The van der Waals surface area contributed by atoms with Crippen molar-refractivity contribution in [3.05, 3.63) is 6.42 Å². The zero-order valence-corrected chi connectivity index (χ0v) is 6.56. The van der Waals surface area contributed by atoms with Crippen molar-refractivity contribution in [2.24, 2.45) is 0 Å². The molecule has 55 valence electrons. The number of hydrogen-bond acceptors (Lipinski definition) is 1. The molecule has 0 spiro atoms. The van der Waals surface area contributed by atoms with Crippen LogP contribution < -0.4 is 0 Å². The predicted octanol–water partition coefficient (Wildman–Crippen LogP) is 1.45. The molecule has 1 unspecified atom stereocenters. The van der Waals surface area contributed by atoms with Gasteiger partial charge in [0.25, 0.3) is 0 Å². The van der Waals surface area contributed by atoms with E-state index in [0.29, 0.717) is 6.04 Å². The van der Waals surface area contributed by atoms with Crippen LogP contribution in [0.3, 0.4) is 0 Å². The van der Waals surface area contributed by atoms with Crippen LogP contribution >= 0.6 is 0 Å². The summed E-state index contributed by atoms with van der Waals surface area (Å²) < 4.78 is 0. The van der Waals surface area contributed by atoms with E-state index in [0.717, 1.165) is 6.42 Å². The third-order valence-corrected chi connectivity index (χ3v) is 2.16. The van der Waals surface area contributed by atoms with Crippen LogP contribution in [0.4, 0.5) is 0 Å². The van der Waals surface area contributed by atoms with E-state index in [9.17, 15) is 0 Å². The van der Waals surface area contributed by atoms with Gasteiger partial charge in [0.2, 0.25) is 0 Å². The highest BCUT2D eigenvalue weighted by molar-refractivity contribution is 4.84. The molecule has 0 aliphatic carbocycles. The topological polar surface area (TPSA) is 3.24 Å². The minimum Gasteiger partial charge on any atom is -0.300 e. The Labute approximate surface area is 63.4 Å². The van der Waals surface area contributed by atoms with Crippen LogP contribution in [-0.4, -0.2) is 24.0 Å². The fourth-order valence-corrected chi connectivity index (χ4v) is 1.46. The second-order valence-corrected chi connectivity index (χ2v) is 2.97. The Bertz CT molecular complexity index is 128. The van der Waals surface area contributed by atoms with E-state index in [1.54, 1.807) is 0 Å². The molecule has 1 radical (unpaired) electrons. The SMILES string of the molecule is [C]#CCC(C)N1CCCC1. The van der Waals surface area contributed by atoms with Crippen molar-refractivity contribution in [3.8, 4) is 5.92 Å². The molecule has 0 bridgehead atoms. The highest BCUT2D eigenvalue weighted by atomic mass is 15.2. The molecule has 1 rings (SSSR count). The van der Waals surface area contributed by atoms with Crippen LogP contribution in [0.2, 0.25) is 0 Å². The standard InChI is InChI=1S/C9H14N/c1-3-6-9(2)10-7-4-5-8-10/h9H,4-8H2,2H3. The van der Waals surface area contributed by atoms with Crippen molar-refractivity contribution in [2.45, 2.75) is 32.2 Å². The molecule has 1 aliphatic heterocycles. The average Bonchev–Trinajstić information content (AvgIpc) is 2.38. The summed E-state index contributed by atoms with van der Waals surface area (Å²) in [5.74, 6) is 2.45. The third-order valence-electron chi connectivity index (χ3n) is 2.16. The quantitative estimate of drug-likeness (QED) is 0.519. The maximum atomic E-state index is 6.82. The first kappa shape index (κ1) is 7.63. The molecular weight excluding hydrogens is 122 g/mol. The Hall–Kier alpha value is -0.480. The fraction of sp³-hybridized carbons (Fsp3) is 0.778. The second-order valence-electron chi connectivity index (χ2n) is 2.97. The minimum atomic E-state index is 0.542. The van der Waals surface area contributed by atoms with Crippen molar-refractivity contribution >= 4 is 0 Å². The fourth-order valence-electron chi connectivity index (χ4n) is 1.46. The summed E-state index contributed by atoms with van der Waals surface area (Å²) in [5, 5.41) is 0. The van der Waals surface area contributed by atoms with E-state index in [1.807, 2.05) is 0 Å². The normalized spacial score (nSPS) is 22.4. The zero-order chi connectivity index (χ0) is 7.40. The lowest BCUT2D eigenvalue weighted by atomic mass is 10.2. The van der Waals surface area contributed by atoms with E-state index >= 15 is 0 Å². The highest BCUT2D eigenvalue weighted by Gasteiger charge is 2.16. The van der Waals surface area contributed by atoms with Crippen LogP contribution in [0.15, 0.2) is 0 Å². The number of hydrogen-bond donors (Lipinski definition) is 0. The van der Waals surface area contributed by atoms with Crippen LogP contribution in [0, 0.1) is 12.3 Å².